The zero-order valence-electron chi connectivity index (χ0n) is 20.0. The molecule has 174 valence electrons. The fourth-order valence-electron chi connectivity index (χ4n) is 5.38. The summed E-state index contributed by atoms with van der Waals surface area (Å²) in [6.45, 7) is 9.80. The number of fused-ring (bicyclic) bond motifs is 2. The average Bonchev–Trinajstić information content (AvgIpc) is 3.53. The van der Waals surface area contributed by atoms with E-state index in [0.717, 1.165) is 54.3 Å². The van der Waals surface area contributed by atoms with Crippen molar-refractivity contribution in [2.45, 2.75) is 70.6 Å². The Hall–Kier alpha value is -2.96. The van der Waals surface area contributed by atoms with E-state index in [0.29, 0.717) is 18.0 Å². The van der Waals surface area contributed by atoms with Crippen LogP contribution in [0.15, 0.2) is 41.2 Å². The molecule has 2 bridgehead atoms. The molecule has 0 atom stereocenters. The molecule has 2 saturated carbocycles. The largest absolute Gasteiger partial charge is 0.464 e. The number of aromatic nitrogens is 4. The third-order valence-corrected chi connectivity index (χ3v) is 7.29. The summed E-state index contributed by atoms with van der Waals surface area (Å²) in [6.07, 6.45) is 9.44. The molecule has 0 radical (unpaired) electrons. The molecule has 2 heterocycles. The first-order chi connectivity index (χ1) is 15.8. The van der Waals surface area contributed by atoms with Crippen LogP contribution in [0.2, 0.25) is 0 Å². The van der Waals surface area contributed by atoms with Crippen molar-refractivity contribution in [3.05, 3.63) is 48.4 Å². The molecule has 3 aromatic rings. The van der Waals surface area contributed by atoms with Crippen molar-refractivity contribution in [2.24, 2.45) is 5.41 Å². The summed E-state index contributed by atoms with van der Waals surface area (Å²) < 4.78 is 11.0. The molecular weight excluding hydrogens is 414 g/mol. The van der Waals surface area contributed by atoms with E-state index in [4.69, 9.17) is 14.2 Å². The van der Waals surface area contributed by atoms with Crippen molar-refractivity contribution in [3.8, 4) is 17.1 Å². The number of hydrogen-bond donors (Lipinski definition) is 1. The Balaban J connectivity index is 1.26. The number of anilines is 1. The zero-order valence-corrected chi connectivity index (χ0v) is 20.0. The summed E-state index contributed by atoms with van der Waals surface area (Å²) in [5.74, 6) is 1.66. The Morgan fingerprint density at radius 3 is 2.48 bits per heavy atom. The second-order valence-corrected chi connectivity index (χ2v) is 10.8. The van der Waals surface area contributed by atoms with Gasteiger partial charge in [0.05, 0.1) is 6.61 Å². The van der Waals surface area contributed by atoms with Gasteiger partial charge in [-0.15, -0.1) is 0 Å². The first-order valence-corrected chi connectivity index (χ1v) is 11.9. The number of rotatable bonds is 7. The molecule has 7 nitrogen and oxygen atoms in total. The Labute approximate surface area is 195 Å². The SMILES string of the molecule is CCOc1ncc(-c2cccc(NCC34CCC(c5noc(C(C)(C)C)n5)(CC3)C4)c2)cn1. The molecule has 0 unspecified atom stereocenters. The molecule has 5 rings (SSSR count). The topological polar surface area (TPSA) is 86.0 Å². The lowest BCUT2D eigenvalue weighted by Gasteiger charge is -2.27. The van der Waals surface area contributed by atoms with Crippen molar-refractivity contribution in [1.29, 1.82) is 0 Å². The van der Waals surface area contributed by atoms with Crippen molar-refractivity contribution in [3.63, 3.8) is 0 Å². The van der Waals surface area contributed by atoms with Crippen LogP contribution < -0.4 is 10.1 Å². The summed E-state index contributed by atoms with van der Waals surface area (Å²) in [7, 11) is 0. The second-order valence-electron chi connectivity index (χ2n) is 10.8. The molecule has 0 spiro atoms. The van der Waals surface area contributed by atoms with Gasteiger partial charge in [-0.25, -0.2) is 9.97 Å². The first kappa shape index (κ1) is 21.9. The summed E-state index contributed by atoms with van der Waals surface area (Å²) in [5, 5.41) is 8.13. The van der Waals surface area contributed by atoms with Gasteiger partial charge in [0.2, 0.25) is 5.89 Å². The Kier molecular flexibility index (Phi) is 5.38. The van der Waals surface area contributed by atoms with Crippen molar-refractivity contribution >= 4 is 5.69 Å². The third kappa shape index (κ3) is 4.21. The van der Waals surface area contributed by atoms with E-state index >= 15 is 0 Å². The van der Waals surface area contributed by atoms with Gasteiger partial charge in [0, 0.05) is 41.0 Å². The summed E-state index contributed by atoms with van der Waals surface area (Å²) in [4.78, 5) is 13.4. The summed E-state index contributed by atoms with van der Waals surface area (Å²) in [6, 6.07) is 8.87. The van der Waals surface area contributed by atoms with E-state index < -0.39 is 0 Å². The van der Waals surface area contributed by atoms with Gasteiger partial charge < -0.3 is 14.6 Å². The maximum atomic E-state index is 5.63. The Morgan fingerprint density at radius 2 is 1.82 bits per heavy atom. The fraction of sp³-hybridized carbons (Fsp3) is 0.538. The highest BCUT2D eigenvalue weighted by molar-refractivity contribution is 5.66. The minimum atomic E-state index is -0.114. The number of benzene rings is 1. The molecular formula is C26H33N5O2. The van der Waals surface area contributed by atoms with Gasteiger partial charge in [0.25, 0.3) is 0 Å². The number of nitrogens with one attached hydrogen (secondary N) is 1. The van der Waals surface area contributed by atoms with Gasteiger partial charge in [0.1, 0.15) is 0 Å². The lowest BCUT2D eigenvalue weighted by atomic mass is 9.81. The minimum Gasteiger partial charge on any atom is -0.464 e. The lowest BCUT2D eigenvalue weighted by Crippen LogP contribution is -2.24. The van der Waals surface area contributed by atoms with E-state index in [1.54, 1.807) is 0 Å². The van der Waals surface area contributed by atoms with Crippen LogP contribution >= 0.6 is 0 Å². The van der Waals surface area contributed by atoms with Crippen LogP contribution in [-0.2, 0) is 10.8 Å². The molecule has 0 saturated heterocycles. The molecule has 0 aliphatic heterocycles. The highest BCUT2D eigenvalue weighted by atomic mass is 16.5. The van der Waals surface area contributed by atoms with Crippen LogP contribution in [-0.4, -0.2) is 33.3 Å². The van der Waals surface area contributed by atoms with Crippen LogP contribution in [0, 0.1) is 5.41 Å². The molecule has 7 heteroatoms. The highest BCUT2D eigenvalue weighted by Gasteiger charge is 2.57. The van der Waals surface area contributed by atoms with Crippen LogP contribution in [0.5, 0.6) is 6.01 Å². The van der Waals surface area contributed by atoms with E-state index in [1.807, 2.05) is 19.3 Å². The molecule has 2 aliphatic rings. The minimum absolute atomic E-state index is 0.0795. The molecule has 2 fully saturated rings. The molecule has 1 aromatic carbocycles. The number of ether oxygens (including phenoxy) is 1. The Bertz CT molecular complexity index is 1110. The number of hydrogen-bond acceptors (Lipinski definition) is 7. The predicted molar refractivity (Wildman–Crippen MR) is 127 cm³/mol. The van der Waals surface area contributed by atoms with Crippen LogP contribution in [0.25, 0.3) is 11.1 Å². The predicted octanol–water partition coefficient (Wildman–Crippen LogP) is 5.54. The van der Waals surface area contributed by atoms with Crippen LogP contribution in [0.4, 0.5) is 5.69 Å². The monoisotopic (exact) mass is 447 g/mol. The quantitative estimate of drug-likeness (QED) is 0.509. The van der Waals surface area contributed by atoms with Crippen molar-refractivity contribution in [1.82, 2.24) is 20.1 Å². The molecule has 2 aromatic heterocycles. The Morgan fingerprint density at radius 1 is 1.06 bits per heavy atom. The highest BCUT2D eigenvalue weighted by Crippen LogP contribution is 2.61. The normalized spacial score (nSPS) is 24.2. The number of nitrogens with zero attached hydrogens (tertiary/aromatic N) is 4. The standard InChI is InChI=1S/C26H33N5O2/c1-5-32-23-27-14-19(15-28-23)18-7-6-8-20(13-18)29-17-25-9-11-26(16-25,12-10-25)21-30-22(33-31-21)24(2,3)4/h6-8,13-15,29H,5,9-12,16-17H2,1-4H3. The van der Waals surface area contributed by atoms with Crippen LogP contribution in [0.3, 0.4) is 0 Å². The van der Waals surface area contributed by atoms with Gasteiger partial charge >= 0.3 is 6.01 Å². The van der Waals surface area contributed by atoms with Gasteiger partial charge in [-0.05, 0) is 62.1 Å². The fourth-order valence-corrected chi connectivity index (χ4v) is 5.38. The molecule has 0 amide bonds. The van der Waals surface area contributed by atoms with E-state index in [9.17, 15) is 0 Å². The second kappa shape index (κ2) is 8.12. The molecule has 1 N–H and O–H groups in total. The van der Waals surface area contributed by atoms with E-state index in [1.165, 1.54) is 12.8 Å². The van der Waals surface area contributed by atoms with Crippen molar-refractivity contribution in [2.75, 3.05) is 18.5 Å². The van der Waals surface area contributed by atoms with Crippen LogP contribution in [0.1, 0.15) is 71.5 Å². The van der Waals surface area contributed by atoms with E-state index in [2.05, 4.69) is 65.5 Å². The maximum Gasteiger partial charge on any atom is 0.316 e. The first-order valence-electron chi connectivity index (χ1n) is 11.9. The van der Waals surface area contributed by atoms with E-state index in [-0.39, 0.29) is 10.8 Å². The summed E-state index contributed by atoms with van der Waals surface area (Å²) >= 11 is 0. The molecule has 2 aliphatic carbocycles. The average molecular weight is 448 g/mol. The van der Waals surface area contributed by atoms with Crippen molar-refractivity contribution < 1.29 is 9.26 Å². The lowest BCUT2D eigenvalue weighted by molar-refractivity contribution is 0.302. The van der Waals surface area contributed by atoms with Gasteiger partial charge in [-0.3, -0.25) is 0 Å². The van der Waals surface area contributed by atoms with Gasteiger partial charge in [0.15, 0.2) is 5.82 Å². The van der Waals surface area contributed by atoms with Gasteiger partial charge in [-0.2, -0.15) is 4.98 Å². The third-order valence-electron chi connectivity index (χ3n) is 7.29. The maximum absolute atomic E-state index is 5.63. The summed E-state index contributed by atoms with van der Waals surface area (Å²) in [5.41, 5.74) is 3.45. The smallest absolute Gasteiger partial charge is 0.316 e. The molecule has 33 heavy (non-hydrogen) atoms. The zero-order chi connectivity index (χ0) is 23.1. The van der Waals surface area contributed by atoms with Gasteiger partial charge in [-0.1, -0.05) is 38.1 Å².